The summed E-state index contributed by atoms with van der Waals surface area (Å²) in [5.74, 6) is 0.0523. The summed E-state index contributed by atoms with van der Waals surface area (Å²) in [4.78, 5) is 15.8. The Balaban J connectivity index is 1.98. The van der Waals surface area contributed by atoms with E-state index in [1.54, 1.807) is 18.7 Å². The summed E-state index contributed by atoms with van der Waals surface area (Å²) in [5, 5.41) is 1.14. The van der Waals surface area contributed by atoms with E-state index < -0.39 is 0 Å². The number of nitrogens with zero attached hydrogens (tertiary/aromatic N) is 1. The summed E-state index contributed by atoms with van der Waals surface area (Å²) in [6, 6.07) is 8.56. The Kier molecular flexibility index (Phi) is 3.95. The van der Waals surface area contributed by atoms with Gasteiger partial charge < -0.3 is 10.6 Å². The van der Waals surface area contributed by atoms with Gasteiger partial charge in [0.15, 0.2) is 5.78 Å². The zero-order valence-corrected chi connectivity index (χ0v) is 13.8. The number of hydrogen-bond acceptors (Lipinski definition) is 5. The first-order chi connectivity index (χ1) is 10.1. The lowest BCUT2D eigenvalue weighted by Gasteiger charge is -2.30. The van der Waals surface area contributed by atoms with Gasteiger partial charge in [-0.1, -0.05) is 24.3 Å². The Morgan fingerprint density at radius 2 is 2.05 bits per heavy atom. The van der Waals surface area contributed by atoms with Gasteiger partial charge in [-0.15, -0.1) is 23.1 Å². The van der Waals surface area contributed by atoms with Gasteiger partial charge >= 0.3 is 0 Å². The van der Waals surface area contributed by atoms with Crippen LogP contribution in [0.15, 0.2) is 29.2 Å². The van der Waals surface area contributed by atoms with Gasteiger partial charge in [0.2, 0.25) is 0 Å². The van der Waals surface area contributed by atoms with Crippen LogP contribution in [-0.4, -0.2) is 18.6 Å². The number of nitrogens with two attached hydrogens (primary N) is 1. The molecule has 2 heterocycles. The number of carbonyl (C=O) groups is 1. The quantitative estimate of drug-likeness (QED) is 0.690. The summed E-state index contributed by atoms with van der Waals surface area (Å²) in [6.07, 6.45) is 3.06. The second-order valence-electron chi connectivity index (χ2n) is 5.18. The van der Waals surface area contributed by atoms with Gasteiger partial charge in [-0.2, -0.15) is 0 Å². The summed E-state index contributed by atoms with van der Waals surface area (Å²) in [6.45, 7) is 3.45. The average Bonchev–Trinajstić information content (AvgIpc) is 2.83. The zero-order valence-electron chi connectivity index (χ0n) is 12.2. The number of thiophene rings is 1. The molecule has 2 aromatic rings. The topological polar surface area (TPSA) is 46.3 Å². The highest BCUT2D eigenvalue weighted by molar-refractivity contribution is 7.99. The number of hydrogen-bond donors (Lipinski definition) is 1. The van der Waals surface area contributed by atoms with Gasteiger partial charge in [0, 0.05) is 20.0 Å². The lowest BCUT2D eigenvalue weighted by atomic mass is 10.0. The molecule has 0 saturated heterocycles. The minimum absolute atomic E-state index is 0.0523. The number of thioether (sulfide) groups is 1. The molecule has 5 heteroatoms. The molecule has 0 fully saturated rings. The van der Waals surface area contributed by atoms with Crippen LogP contribution in [0.5, 0.6) is 0 Å². The number of rotatable bonds is 3. The molecule has 0 unspecified atom stereocenters. The lowest BCUT2D eigenvalue weighted by Crippen LogP contribution is -2.29. The first-order valence-electron chi connectivity index (χ1n) is 6.90. The molecule has 0 bridgehead atoms. The van der Waals surface area contributed by atoms with Crippen LogP contribution in [0.2, 0.25) is 0 Å². The Morgan fingerprint density at radius 1 is 1.33 bits per heavy atom. The van der Waals surface area contributed by atoms with Gasteiger partial charge in [-0.3, -0.25) is 4.79 Å². The van der Waals surface area contributed by atoms with E-state index in [-0.39, 0.29) is 5.78 Å². The normalized spacial score (nSPS) is 14.1. The minimum atomic E-state index is 0.0523. The molecule has 0 amide bonds. The van der Waals surface area contributed by atoms with Gasteiger partial charge in [-0.05, 0) is 23.8 Å². The van der Waals surface area contributed by atoms with Crippen LogP contribution in [0.3, 0.4) is 0 Å². The molecule has 1 aromatic carbocycles. The van der Waals surface area contributed by atoms with Crippen molar-refractivity contribution in [2.75, 3.05) is 23.4 Å². The number of anilines is 2. The SMILES string of the molecule is CSc1c(N2CCc3ccccc3C2)sc(C(C)=O)c1N. The van der Waals surface area contributed by atoms with Crippen LogP contribution >= 0.6 is 23.1 Å². The van der Waals surface area contributed by atoms with Crippen molar-refractivity contribution in [1.29, 1.82) is 0 Å². The molecular formula is C16H18N2OS2. The fraction of sp³-hybridized carbons (Fsp3) is 0.312. The number of ketones is 1. The summed E-state index contributed by atoms with van der Waals surface area (Å²) >= 11 is 3.16. The first kappa shape index (κ1) is 14.5. The van der Waals surface area contributed by atoms with Crippen molar-refractivity contribution in [3.63, 3.8) is 0 Å². The molecule has 21 heavy (non-hydrogen) atoms. The van der Waals surface area contributed by atoms with Gasteiger partial charge in [-0.25, -0.2) is 0 Å². The highest BCUT2D eigenvalue weighted by Gasteiger charge is 2.24. The predicted molar refractivity (Wildman–Crippen MR) is 91.7 cm³/mol. The molecule has 0 atom stereocenters. The molecule has 1 aromatic heterocycles. The van der Waals surface area contributed by atoms with Crippen molar-refractivity contribution in [3.05, 3.63) is 40.3 Å². The molecule has 0 aliphatic carbocycles. The van der Waals surface area contributed by atoms with Gasteiger partial charge in [0.25, 0.3) is 0 Å². The molecule has 0 saturated carbocycles. The number of nitrogen functional groups attached to an aromatic ring is 1. The van der Waals surface area contributed by atoms with E-state index in [2.05, 4.69) is 29.2 Å². The fourth-order valence-electron chi connectivity index (χ4n) is 2.75. The van der Waals surface area contributed by atoms with Crippen LogP contribution in [0.4, 0.5) is 10.7 Å². The minimum Gasteiger partial charge on any atom is -0.396 e. The van der Waals surface area contributed by atoms with E-state index in [1.807, 2.05) is 6.26 Å². The standard InChI is InChI=1S/C16H18N2OS2/c1-10(19)14-13(17)15(20-2)16(21-14)18-8-7-11-5-3-4-6-12(11)9-18/h3-6H,7-9,17H2,1-2H3. The second-order valence-corrected chi connectivity index (χ2v) is 7.00. The smallest absolute Gasteiger partial charge is 0.171 e. The predicted octanol–water partition coefficient (Wildman–Crippen LogP) is 3.82. The van der Waals surface area contributed by atoms with Crippen LogP contribution in [0.25, 0.3) is 0 Å². The van der Waals surface area contributed by atoms with Crippen molar-refractivity contribution >= 4 is 39.6 Å². The van der Waals surface area contributed by atoms with Gasteiger partial charge in [0.05, 0.1) is 15.5 Å². The molecule has 1 aliphatic heterocycles. The largest absolute Gasteiger partial charge is 0.396 e. The van der Waals surface area contributed by atoms with Crippen LogP contribution in [0.1, 0.15) is 27.7 Å². The Morgan fingerprint density at radius 3 is 2.71 bits per heavy atom. The average molecular weight is 318 g/mol. The number of benzene rings is 1. The van der Waals surface area contributed by atoms with E-state index in [9.17, 15) is 4.79 Å². The van der Waals surface area contributed by atoms with Crippen LogP contribution < -0.4 is 10.6 Å². The summed E-state index contributed by atoms with van der Waals surface area (Å²) in [5.41, 5.74) is 9.60. The number of fused-ring (bicyclic) bond motifs is 1. The molecule has 3 rings (SSSR count). The molecule has 3 nitrogen and oxygen atoms in total. The lowest BCUT2D eigenvalue weighted by molar-refractivity contribution is 0.102. The Bertz CT molecular complexity index is 694. The molecule has 110 valence electrons. The third-order valence-electron chi connectivity index (χ3n) is 3.82. The molecule has 2 N–H and O–H groups in total. The number of carbonyl (C=O) groups excluding carboxylic acids is 1. The van der Waals surface area contributed by atoms with Gasteiger partial charge in [0.1, 0.15) is 5.00 Å². The van der Waals surface area contributed by atoms with E-state index in [0.29, 0.717) is 10.6 Å². The van der Waals surface area contributed by atoms with E-state index in [0.717, 1.165) is 29.4 Å². The Labute approximate surface area is 133 Å². The monoisotopic (exact) mass is 318 g/mol. The second kappa shape index (κ2) is 5.73. The zero-order chi connectivity index (χ0) is 15.0. The van der Waals surface area contributed by atoms with Crippen LogP contribution in [0, 0.1) is 0 Å². The molecular weight excluding hydrogens is 300 g/mol. The fourth-order valence-corrected chi connectivity index (χ4v) is 4.85. The van der Waals surface area contributed by atoms with E-state index >= 15 is 0 Å². The maximum atomic E-state index is 11.7. The first-order valence-corrected chi connectivity index (χ1v) is 8.95. The van der Waals surface area contributed by atoms with Crippen LogP contribution in [-0.2, 0) is 13.0 Å². The van der Waals surface area contributed by atoms with Crippen molar-refractivity contribution in [2.24, 2.45) is 0 Å². The third kappa shape index (κ3) is 2.56. The van der Waals surface area contributed by atoms with E-state index in [4.69, 9.17) is 5.73 Å². The molecule has 1 aliphatic rings. The van der Waals surface area contributed by atoms with Crippen molar-refractivity contribution < 1.29 is 4.79 Å². The molecule has 0 radical (unpaired) electrons. The molecule has 0 spiro atoms. The summed E-state index contributed by atoms with van der Waals surface area (Å²) < 4.78 is 0. The van der Waals surface area contributed by atoms with E-state index in [1.165, 1.54) is 22.5 Å². The van der Waals surface area contributed by atoms with Crippen molar-refractivity contribution in [2.45, 2.75) is 24.8 Å². The number of Topliss-reactive ketones (excluding diaryl/α,β-unsaturated/α-hetero) is 1. The highest BCUT2D eigenvalue weighted by atomic mass is 32.2. The maximum absolute atomic E-state index is 11.7. The van der Waals surface area contributed by atoms with Crippen molar-refractivity contribution in [1.82, 2.24) is 0 Å². The Hall–Kier alpha value is -1.46. The van der Waals surface area contributed by atoms with Crippen molar-refractivity contribution in [3.8, 4) is 0 Å². The maximum Gasteiger partial charge on any atom is 0.171 e. The highest BCUT2D eigenvalue weighted by Crippen LogP contribution is 2.45. The third-order valence-corrected chi connectivity index (χ3v) is 6.14. The summed E-state index contributed by atoms with van der Waals surface area (Å²) in [7, 11) is 0.